The lowest BCUT2D eigenvalue weighted by molar-refractivity contribution is -0.115. The summed E-state index contributed by atoms with van der Waals surface area (Å²) in [6.45, 7) is 2.08. The van der Waals surface area contributed by atoms with Crippen LogP contribution in [-0.2, 0) is 4.79 Å². The number of rotatable bonds is 6. The first-order chi connectivity index (χ1) is 12.6. The quantitative estimate of drug-likeness (QED) is 0.690. The molecule has 2 aromatic rings. The van der Waals surface area contributed by atoms with Crippen molar-refractivity contribution in [2.24, 2.45) is 5.92 Å². The van der Waals surface area contributed by atoms with E-state index in [0.29, 0.717) is 29.7 Å². The van der Waals surface area contributed by atoms with E-state index in [-0.39, 0.29) is 17.5 Å². The predicted octanol–water partition coefficient (Wildman–Crippen LogP) is 5.43. The van der Waals surface area contributed by atoms with Gasteiger partial charge in [0.25, 0.3) is 0 Å². The summed E-state index contributed by atoms with van der Waals surface area (Å²) in [5.74, 6) is 1.95. The van der Waals surface area contributed by atoms with Gasteiger partial charge in [0.05, 0.1) is 12.7 Å². The third-order valence-electron chi connectivity index (χ3n) is 4.72. The summed E-state index contributed by atoms with van der Waals surface area (Å²) >= 11 is 1.80. The lowest BCUT2D eigenvalue weighted by Gasteiger charge is -2.24. The van der Waals surface area contributed by atoms with Gasteiger partial charge in [0.2, 0.25) is 0 Å². The number of hydrogen-bond acceptors (Lipinski definition) is 4. The number of benzene rings is 2. The third kappa shape index (κ3) is 4.31. The number of Topliss-reactive ketones (excluding diaryl/α,β-unsaturated/α-hetero) is 1. The van der Waals surface area contributed by atoms with E-state index in [4.69, 9.17) is 4.74 Å². The van der Waals surface area contributed by atoms with Crippen LogP contribution < -0.4 is 4.74 Å². The van der Waals surface area contributed by atoms with Crippen molar-refractivity contribution in [3.63, 3.8) is 0 Å². The second-order valence-corrected chi connectivity index (χ2v) is 7.84. The van der Waals surface area contributed by atoms with E-state index in [0.717, 1.165) is 12.2 Å². The maximum absolute atomic E-state index is 12.7. The van der Waals surface area contributed by atoms with E-state index in [1.807, 2.05) is 24.3 Å². The van der Waals surface area contributed by atoms with E-state index < -0.39 is 0 Å². The molecule has 0 amide bonds. The summed E-state index contributed by atoms with van der Waals surface area (Å²) in [5, 5.41) is 10.5. The topological polar surface area (TPSA) is 46.5 Å². The largest absolute Gasteiger partial charge is 0.512 e. The fourth-order valence-corrected chi connectivity index (χ4v) is 4.33. The van der Waals surface area contributed by atoms with Gasteiger partial charge in [0.1, 0.15) is 11.5 Å². The molecule has 136 valence electrons. The second-order valence-electron chi connectivity index (χ2n) is 6.67. The molecular weight excluding hydrogens is 344 g/mol. The van der Waals surface area contributed by atoms with Crippen LogP contribution in [-0.4, -0.2) is 23.8 Å². The monoisotopic (exact) mass is 368 g/mol. The zero-order valence-electron chi connectivity index (χ0n) is 15.2. The highest BCUT2D eigenvalue weighted by Crippen LogP contribution is 2.37. The maximum atomic E-state index is 12.7. The molecule has 0 heterocycles. The molecule has 2 aromatic carbocycles. The van der Waals surface area contributed by atoms with Gasteiger partial charge in [-0.15, -0.1) is 11.8 Å². The van der Waals surface area contributed by atoms with E-state index in [9.17, 15) is 9.90 Å². The summed E-state index contributed by atoms with van der Waals surface area (Å²) in [5.41, 5.74) is 2.36. The fourth-order valence-electron chi connectivity index (χ4n) is 3.31. The molecular formula is C22H24O3S. The number of aryl methyl sites for hydroxylation is 1. The first-order valence-electron chi connectivity index (χ1n) is 8.86. The normalized spacial score (nSPS) is 17.5. The first-order valence-corrected chi connectivity index (χ1v) is 9.85. The third-order valence-corrected chi connectivity index (χ3v) is 5.76. The van der Waals surface area contributed by atoms with Gasteiger partial charge in [0.15, 0.2) is 5.78 Å². The number of aliphatic hydroxyl groups excluding tert-OH is 1. The Hall–Kier alpha value is -2.20. The highest BCUT2D eigenvalue weighted by atomic mass is 32.2. The number of ether oxygens (including phenoxy) is 1. The van der Waals surface area contributed by atoms with Gasteiger partial charge < -0.3 is 9.84 Å². The van der Waals surface area contributed by atoms with Crippen LogP contribution in [0.25, 0.3) is 5.57 Å². The van der Waals surface area contributed by atoms with Crippen molar-refractivity contribution in [2.75, 3.05) is 12.9 Å². The van der Waals surface area contributed by atoms with E-state index in [2.05, 4.69) is 31.2 Å². The molecule has 1 unspecified atom stereocenters. The molecule has 0 saturated heterocycles. The van der Waals surface area contributed by atoms with Crippen molar-refractivity contribution in [3.8, 4) is 5.75 Å². The molecule has 1 aliphatic carbocycles. The summed E-state index contributed by atoms with van der Waals surface area (Å²) < 4.78 is 5.34. The van der Waals surface area contributed by atoms with Crippen LogP contribution >= 0.6 is 11.8 Å². The lowest BCUT2D eigenvalue weighted by atomic mass is 9.83. The van der Waals surface area contributed by atoms with Gasteiger partial charge in [-0.1, -0.05) is 35.9 Å². The SMILES string of the molecule is COc1ccccc1C1=C(O)CC(CCSc2ccc(C)cc2)CC1=O. The Kier molecular flexibility index (Phi) is 6.04. The smallest absolute Gasteiger partial charge is 0.167 e. The van der Waals surface area contributed by atoms with Gasteiger partial charge in [-0.05, 0) is 43.2 Å². The molecule has 1 aliphatic rings. The molecule has 3 rings (SSSR count). The van der Waals surface area contributed by atoms with Crippen molar-refractivity contribution in [1.29, 1.82) is 0 Å². The number of allylic oxidation sites excluding steroid dienone is 2. The van der Waals surface area contributed by atoms with Crippen LogP contribution in [0.3, 0.4) is 0 Å². The van der Waals surface area contributed by atoms with E-state index in [1.165, 1.54) is 10.5 Å². The van der Waals surface area contributed by atoms with Crippen molar-refractivity contribution in [3.05, 3.63) is 65.4 Å². The van der Waals surface area contributed by atoms with Gasteiger partial charge in [-0.2, -0.15) is 0 Å². The molecule has 1 N–H and O–H groups in total. The van der Waals surface area contributed by atoms with E-state index >= 15 is 0 Å². The molecule has 0 bridgehead atoms. The highest BCUT2D eigenvalue weighted by Gasteiger charge is 2.29. The minimum Gasteiger partial charge on any atom is -0.512 e. The Morgan fingerprint density at radius 3 is 2.54 bits per heavy atom. The van der Waals surface area contributed by atoms with Crippen LogP contribution in [0.2, 0.25) is 0 Å². The molecule has 26 heavy (non-hydrogen) atoms. The van der Waals surface area contributed by atoms with Crippen LogP contribution in [0.5, 0.6) is 5.75 Å². The summed E-state index contributed by atoms with van der Waals surface area (Å²) in [7, 11) is 1.58. The first kappa shape index (κ1) is 18.6. The van der Waals surface area contributed by atoms with Crippen LogP contribution in [0.4, 0.5) is 0 Å². The predicted molar refractivity (Wildman–Crippen MR) is 107 cm³/mol. The zero-order valence-corrected chi connectivity index (χ0v) is 16.0. The number of methoxy groups -OCH3 is 1. The second kappa shape index (κ2) is 8.45. The summed E-state index contributed by atoms with van der Waals surface area (Å²) in [4.78, 5) is 13.9. The van der Waals surface area contributed by atoms with Crippen molar-refractivity contribution >= 4 is 23.1 Å². The van der Waals surface area contributed by atoms with E-state index in [1.54, 1.807) is 18.9 Å². The van der Waals surface area contributed by atoms with Gasteiger partial charge in [-0.25, -0.2) is 0 Å². The Balaban J connectivity index is 1.65. The summed E-state index contributed by atoms with van der Waals surface area (Å²) in [6.07, 6.45) is 1.94. The minimum absolute atomic E-state index is 0.00332. The standard InChI is InChI=1S/C22H24O3S/c1-15-7-9-17(10-8-15)26-12-11-16-13-19(23)22(20(24)14-16)18-5-3-4-6-21(18)25-2/h3-10,16,23H,11-14H2,1-2H3. The van der Waals surface area contributed by atoms with Crippen molar-refractivity contribution < 1.29 is 14.6 Å². The fraction of sp³-hybridized carbons (Fsp3) is 0.318. The molecule has 0 fully saturated rings. The van der Waals surface area contributed by atoms with Crippen LogP contribution in [0.15, 0.2) is 59.2 Å². The number of aliphatic hydroxyl groups is 1. The minimum atomic E-state index is 0.00332. The highest BCUT2D eigenvalue weighted by molar-refractivity contribution is 7.99. The summed E-state index contributed by atoms with van der Waals surface area (Å²) in [6, 6.07) is 15.8. The zero-order chi connectivity index (χ0) is 18.5. The van der Waals surface area contributed by atoms with Gasteiger partial charge >= 0.3 is 0 Å². The Bertz CT molecular complexity index is 808. The molecule has 3 nitrogen and oxygen atoms in total. The number of carbonyl (C=O) groups is 1. The average Bonchev–Trinajstić information content (AvgIpc) is 2.63. The van der Waals surface area contributed by atoms with Crippen LogP contribution in [0.1, 0.15) is 30.4 Å². The van der Waals surface area contributed by atoms with Crippen LogP contribution in [0, 0.1) is 12.8 Å². The molecule has 0 aromatic heterocycles. The molecule has 0 radical (unpaired) electrons. The molecule has 0 saturated carbocycles. The molecule has 1 atom stereocenters. The van der Waals surface area contributed by atoms with Gasteiger partial charge in [0, 0.05) is 23.3 Å². The lowest BCUT2D eigenvalue weighted by Crippen LogP contribution is -2.19. The molecule has 4 heteroatoms. The molecule has 0 spiro atoms. The average molecular weight is 368 g/mol. The number of ketones is 1. The maximum Gasteiger partial charge on any atom is 0.167 e. The molecule has 0 aliphatic heterocycles. The van der Waals surface area contributed by atoms with Crippen molar-refractivity contribution in [2.45, 2.75) is 31.1 Å². The number of para-hydroxylation sites is 1. The Morgan fingerprint density at radius 2 is 1.85 bits per heavy atom. The van der Waals surface area contributed by atoms with Gasteiger partial charge in [-0.3, -0.25) is 4.79 Å². The Labute approximate surface area is 159 Å². The number of thioether (sulfide) groups is 1. The number of hydrogen-bond donors (Lipinski definition) is 1. The Morgan fingerprint density at radius 1 is 1.12 bits per heavy atom. The van der Waals surface area contributed by atoms with Crippen molar-refractivity contribution in [1.82, 2.24) is 0 Å². The number of carbonyl (C=O) groups excluding carboxylic acids is 1.